The lowest BCUT2D eigenvalue weighted by Crippen LogP contribution is -2.13. The molecule has 0 heterocycles. The molecule has 0 aliphatic carbocycles. The van der Waals surface area contributed by atoms with Crippen LogP contribution < -0.4 is 14.8 Å². The Bertz CT molecular complexity index is 774. The summed E-state index contributed by atoms with van der Waals surface area (Å²) < 4.78 is 10.6. The molecule has 0 fully saturated rings. The Hall–Kier alpha value is -3.26. The van der Waals surface area contributed by atoms with Crippen LogP contribution in [-0.2, 0) is 4.79 Å². The summed E-state index contributed by atoms with van der Waals surface area (Å²) in [7, 11) is 1.57. The molecule has 0 radical (unpaired) electrons. The van der Waals surface area contributed by atoms with Crippen LogP contribution in [0.1, 0.15) is 12.5 Å². The Labute approximate surface area is 141 Å². The molecule has 0 saturated heterocycles. The zero-order valence-corrected chi connectivity index (χ0v) is 13.6. The molecule has 0 aliphatic heterocycles. The molecule has 0 saturated carbocycles. The fourth-order valence-corrected chi connectivity index (χ4v) is 2.06. The largest absolute Gasteiger partial charge is 0.497 e. The van der Waals surface area contributed by atoms with E-state index in [1.54, 1.807) is 43.5 Å². The molecular weight excluding hydrogens is 304 g/mol. The molecule has 2 aromatic rings. The number of amides is 1. The fraction of sp³-hybridized carbons (Fsp3) is 0.158. The van der Waals surface area contributed by atoms with E-state index in [0.29, 0.717) is 29.4 Å². The highest BCUT2D eigenvalue weighted by Crippen LogP contribution is 2.22. The monoisotopic (exact) mass is 322 g/mol. The summed E-state index contributed by atoms with van der Waals surface area (Å²) in [6.45, 7) is 2.38. The molecular formula is C19H18N2O3. The molecule has 2 aromatic carbocycles. The van der Waals surface area contributed by atoms with Crippen LogP contribution in [-0.4, -0.2) is 19.6 Å². The van der Waals surface area contributed by atoms with Crippen molar-refractivity contribution in [2.24, 2.45) is 0 Å². The predicted molar refractivity (Wildman–Crippen MR) is 92.8 cm³/mol. The molecule has 0 unspecified atom stereocenters. The Kier molecular flexibility index (Phi) is 5.98. The van der Waals surface area contributed by atoms with E-state index in [0.717, 1.165) is 0 Å². The van der Waals surface area contributed by atoms with Gasteiger partial charge in [0, 0.05) is 11.3 Å². The van der Waals surface area contributed by atoms with E-state index in [2.05, 4.69) is 5.32 Å². The van der Waals surface area contributed by atoms with E-state index in [4.69, 9.17) is 9.47 Å². The van der Waals surface area contributed by atoms with Gasteiger partial charge in [0.15, 0.2) is 0 Å². The smallest absolute Gasteiger partial charge is 0.266 e. The van der Waals surface area contributed by atoms with Crippen LogP contribution in [0.25, 0.3) is 6.08 Å². The maximum Gasteiger partial charge on any atom is 0.266 e. The first-order valence-corrected chi connectivity index (χ1v) is 7.47. The number of carbonyl (C=O) groups excluding carboxylic acids is 1. The van der Waals surface area contributed by atoms with Crippen LogP contribution in [0.15, 0.2) is 54.1 Å². The first-order chi connectivity index (χ1) is 11.7. The minimum absolute atomic E-state index is 0.00188. The van der Waals surface area contributed by atoms with Gasteiger partial charge in [-0.05, 0) is 43.3 Å². The second-order valence-electron chi connectivity index (χ2n) is 4.82. The lowest BCUT2D eigenvalue weighted by Gasteiger charge is -2.08. The Balaban J connectivity index is 2.21. The average Bonchev–Trinajstić information content (AvgIpc) is 2.61. The van der Waals surface area contributed by atoms with Crippen molar-refractivity contribution in [3.8, 4) is 17.6 Å². The van der Waals surface area contributed by atoms with Crippen LogP contribution >= 0.6 is 0 Å². The minimum Gasteiger partial charge on any atom is -0.497 e. The molecule has 0 aromatic heterocycles. The number of benzene rings is 2. The molecule has 1 N–H and O–H groups in total. The number of anilines is 1. The van der Waals surface area contributed by atoms with E-state index in [1.165, 1.54) is 6.08 Å². The lowest BCUT2D eigenvalue weighted by molar-refractivity contribution is -0.112. The van der Waals surface area contributed by atoms with Crippen molar-refractivity contribution >= 4 is 17.7 Å². The van der Waals surface area contributed by atoms with E-state index in [9.17, 15) is 10.1 Å². The van der Waals surface area contributed by atoms with Crippen molar-refractivity contribution in [3.63, 3.8) is 0 Å². The predicted octanol–water partition coefficient (Wildman–Crippen LogP) is 3.64. The third-order valence-electron chi connectivity index (χ3n) is 3.23. The van der Waals surface area contributed by atoms with Gasteiger partial charge in [0.05, 0.1) is 13.7 Å². The molecule has 122 valence electrons. The van der Waals surface area contributed by atoms with Crippen molar-refractivity contribution in [3.05, 3.63) is 59.7 Å². The SMILES string of the molecule is CCOc1ccccc1/C=C(/C#N)C(=O)Nc1ccc(OC)cc1. The van der Waals surface area contributed by atoms with Gasteiger partial charge < -0.3 is 14.8 Å². The zero-order chi connectivity index (χ0) is 17.4. The third kappa shape index (κ3) is 4.37. The molecule has 2 rings (SSSR count). The highest BCUT2D eigenvalue weighted by atomic mass is 16.5. The number of rotatable bonds is 6. The molecule has 5 nitrogen and oxygen atoms in total. The third-order valence-corrected chi connectivity index (χ3v) is 3.23. The quantitative estimate of drug-likeness (QED) is 0.651. The second-order valence-corrected chi connectivity index (χ2v) is 4.82. The Morgan fingerprint density at radius 2 is 1.92 bits per heavy atom. The van der Waals surface area contributed by atoms with E-state index < -0.39 is 5.91 Å². The minimum atomic E-state index is -0.478. The second kappa shape index (κ2) is 8.39. The molecule has 0 bridgehead atoms. The van der Waals surface area contributed by atoms with Gasteiger partial charge in [-0.15, -0.1) is 0 Å². The van der Waals surface area contributed by atoms with Gasteiger partial charge in [-0.3, -0.25) is 4.79 Å². The van der Waals surface area contributed by atoms with Crippen LogP contribution in [0.3, 0.4) is 0 Å². The number of ether oxygens (including phenoxy) is 2. The number of para-hydroxylation sites is 1. The molecule has 0 aliphatic rings. The number of hydrogen-bond donors (Lipinski definition) is 1. The van der Waals surface area contributed by atoms with Crippen molar-refractivity contribution < 1.29 is 14.3 Å². The summed E-state index contributed by atoms with van der Waals surface area (Å²) in [6.07, 6.45) is 1.52. The molecule has 1 amide bonds. The average molecular weight is 322 g/mol. The molecule has 24 heavy (non-hydrogen) atoms. The topological polar surface area (TPSA) is 71.3 Å². The molecule has 0 spiro atoms. The summed E-state index contributed by atoms with van der Waals surface area (Å²) in [5.74, 6) is 0.841. The van der Waals surface area contributed by atoms with Gasteiger partial charge in [-0.2, -0.15) is 5.26 Å². The number of methoxy groups -OCH3 is 1. The van der Waals surface area contributed by atoms with Gasteiger partial charge in [0.25, 0.3) is 5.91 Å². The summed E-state index contributed by atoms with van der Waals surface area (Å²) in [5.41, 5.74) is 1.26. The van der Waals surface area contributed by atoms with Gasteiger partial charge in [0.2, 0.25) is 0 Å². The molecule has 0 atom stereocenters. The Morgan fingerprint density at radius 3 is 2.54 bits per heavy atom. The van der Waals surface area contributed by atoms with Gasteiger partial charge in [-0.1, -0.05) is 18.2 Å². The van der Waals surface area contributed by atoms with Crippen LogP contribution in [0.4, 0.5) is 5.69 Å². The maximum absolute atomic E-state index is 12.3. The number of carbonyl (C=O) groups is 1. The van der Waals surface area contributed by atoms with E-state index in [-0.39, 0.29) is 5.57 Å². The fourth-order valence-electron chi connectivity index (χ4n) is 2.06. The Morgan fingerprint density at radius 1 is 1.21 bits per heavy atom. The lowest BCUT2D eigenvalue weighted by atomic mass is 10.1. The summed E-state index contributed by atoms with van der Waals surface area (Å²) in [5, 5.41) is 12.0. The summed E-state index contributed by atoms with van der Waals surface area (Å²) >= 11 is 0. The summed E-state index contributed by atoms with van der Waals surface area (Å²) in [4.78, 5) is 12.3. The molecule has 5 heteroatoms. The van der Waals surface area contributed by atoms with Crippen molar-refractivity contribution in [1.29, 1.82) is 5.26 Å². The summed E-state index contributed by atoms with van der Waals surface area (Å²) in [6, 6.07) is 16.1. The van der Waals surface area contributed by atoms with E-state index in [1.807, 2.05) is 25.1 Å². The van der Waals surface area contributed by atoms with Crippen LogP contribution in [0.2, 0.25) is 0 Å². The van der Waals surface area contributed by atoms with Crippen LogP contribution in [0, 0.1) is 11.3 Å². The van der Waals surface area contributed by atoms with Crippen molar-refractivity contribution in [2.75, 3.05) is 19.0 Å². The first-order valence-electron chi connectivity index (χ1n) is 7.47. The number of hydrogen-bond acceptors (Lipinski definition) is 4. The van der Waals surface area contributed by atoms with Gasteiger partial charge >= 0.3 is 0 Å². The number of nitriles is 1. The standard InChI is InChI=1S/C19H18N2O3/c1-3-24-18-7-5-4-6-14(18)12-15(13-20)19(22)21-16-8-10-17(23-2)11-9-16/h4-12H,3H2,1-2H3,(H,21,22)/b15-12-. The van der Waals surface area contributed by atoms with E-state index >= 15 is 0 Å². The maximum atomic E-state index is 12.3. The highest BCUT2D eigenvalue weighted by Gasteiger charge is 2.11. The highest BCUT2D eigenvalue weighted by molar-refractivity contribution is 6.09. The van der Waals surface area contributed by atoms with Crippen LogP contribution in [0.5, 0.6) is 11.5 Å². The zero-order valence-electron chi connectivity index (χ0n) is 13.6. The normalized spacial score (nSPS) is 10.6. The van der Waals surface area contributed by atoms with Crippen molar-refractivity contribution in [2.45, 2.75) is 6.92 Å². The van der Waals surface area contributed by atoms with Gasteiger partial charge in [0.1, 0.15) is 23.1 Å². The first kappa shape index (κ1) is 17.1. The number of nitrogens with one attached hydrogen (secondary N) is 1. The van der Waals surface area contributed by atoms with Gasteiger partial charge in [-0.25, -0.2) is 0 Å². The number of nitrogens with zero attached hydrogens (tertiary/aromatic N) is 1. The van der Waals surface area contributed by atoms with Crippen molar-refractivity contribution in [1.82, 2.24) is 0 Å².